The molecular formula is C16H13NO4S. The number of hydrogen-bond donors (Lipinski definition) is 1. The van der Waals surface area contributed by atoms with E-state index < -0.39 is 14.7 Å². The predicted octanol–water partition coefficient (Wildman–Crippen LogP) is 2.74. The van der Waals surface area contributed by atoms with Crippen LogP contribution >= 0.6 is 0 Å². The molecule has 2 aromatic rings. The zero-order valence-electron chi connectivity index (χ0n) is 11.7. The van der Waals surface area contributed by atoms with Gasteiger partial charge in [0.25, 0.3) is 0 Å². The van der Waals surface area contributed by atoms with Crippen LogP contribution in [0.15, 0.2) is 58.3 Å². The number of allylic oxidation sites excluding steroid dienone is 1. The molecule has 0 aliphatic heterocycles. The van der Waals surface area contributed by atoms with E-state index >= 15 is 0 Å². The molecule has 112 valence electrons. The average molecular weight is 315 g/mol. The largest absolute Gasteiger partial charge is 0.504 e. The van der Waals surface area contributed by atoms with Gasteiger partial charge in [-0.1, -0.05) is 24.3 Å². The van der Waals surface area contributed by atoms with E-state index in [1.54, 1.807) is 30.3 Å². The summed E-state index contributed by atoms with van der Waals surface area (Å²) in [6.45, 7) is 0. The molecule has 0 bridgehead atoms. The zero-order valence-corrected chi connectivity index (χ0v) is 12.5. The number of phenolic OH excluding ortho intramolecular Hbond substituents is 1. The van der Waals surface area contributed by atoms with Gasteiger partial charge in [-0.05, 0) is 35.9 Å². The topological polar surface area (TPSA) is 87.4 Å². The van der Waals surface area contributed by atoms with Crippen molar-refractivity contribution in [1.82, 2.24) is 0 Å². The number of rotatable bonds is 4. The molecule has 0 unspecified atom stereocenters. The van der Waals surface area contributed by atoms with Gasteiger partial charge in [-0.15, -0.1) is 0 Å². The van der Waals surface area contributed by atoms with Crippen molar-refractivity contribution < 1.29 is 18.3 Å². The molecule has 1 N–H and O–H groups in total. The summed E-state index contributed by atoms with van der Waals surface area (Å²) >= 11 is 0. The fourth-order valence-corrected chi connectivity index (χ4v) is 3.03. The van der Waals surface area contributed by atoms with Crippen LogP contribution in [-0.4, -0.2) is 20.6 Å². The number of ether oxygens (including phenoxy) is 1. The van der Waals surface area contributed by atoms with Gasteiger partial charge in [-0.3, -0.25) is 0 Å². The smallest absolute Gasteiger partial charge is 0.216 e. The zero-order chi connectivity index (χ0) is 16.2. The van der Waals surface area contributed by atoms with Crippen LogP contribution in [0.25, 0.3) is 6.08 Å². The summed E-state index contributed by atoms with van der Waals surface area (Å²) in [5.74, 6) is 0.132. The fourth-order valence-electron chi connectivity index (χ4n) is 1.84. The number of nitriles is 1. The van der Waals surface area contributed by atoms with Crippen LogP contribution in [0.3, 0.4) is 0 Å². The van der Waals surface area contributed by atoms with Crippen LogP contribution < -0.4 is 4.74 Å². The molecule has 0 fully saturated rings. The molecule has 0 atom stereocenters. The number of benzene rings is 2. The first-order valence-electron chi connectivity index (χ1n) is 6.28. The first-order valence-corrected chi connectivity index (χ1v) is 7.76. The molecule has 0 aliphatic carbocycles. The number of nitrogens with zero attached hydrogens (tertiary/aromatic N) is 1. The Hall–Kier alpha value is -2.78. The summed E-state index contributed by atoms with van der Waals surface area (Å²) in [5.41, 5.74) is 0.384. The van der Waals surface area contributed by atoms with Crippen molar-refractivity contribution >= 4 is 15.9 Å². The molecule has 0 radical (unpaired) electrons. The summed E-state index contributed by atoms with van der Waals surface area (Å²) in [5, 5.41) is 18.9. The maximum atomic E-state index is 12.4. The summed E-state index contributed by atoms with van der Waals surface area (Å²) < 4.78 is 29.7. The Bertz CT molecular complexity index is 849. The van der Waals surface area contributed by atoms with Gasteiger partial charge in [0, 0.05) is 0 Å². The number of methoxy groups -OCH3 is 1. The lowest BCUT2D eigenvalue weighted by Crippen LogP contribution is -2.03. The van der Waals surface area contributed by atoms with Gasteiger partial charge in [-0.2, -0.15) is 5.26 Å². The second-order valence-electron chi connectivity index (χ2n) is 4.37. The lowest BCUT2D eigenvalue weighted by molar-refractivity contribution is 0.373. The van der Waals surface area contributed by atoms with E-state index in [-0.39, 0.29) is 16.4 Å². The van der Waals surface area contributed by atoms with E-state index in [0.717, 1.165) is 0 Å². The number of aromatic hydroxyl groups is 1. The van der Waals surface area contributed by atoms with Gasteiger partial charge in [0.2, 0.25) is 9.84 Å². The molecule has 22 heavy (non-hydrogen) atoms. The molecule has 5 nitrogen and oxygen atoms in total. The normalized spacial score (nSPS) is 11.7. The van der Waals surface area contributed by atoms with E-state index in [9.17, 15) is 13.5 Å². The van der Waals surface area contributed by atoms with E-state index in [2.05, 4.69) is 0 Å². The molecule has 0 amide bonds. The van der Waals surface area contributed by atoms with Crippen LogP contribution in [0, 0.1) is 11.3 Å². The van der Waals surface area contributed by atoms with Crippen molar-refractivity contribution in [2.24, 2.45) is 0 Å². The lowest BCUT2D eigenvalue weighted by atomic mass is 10.2. The second-order valence-corrected chi connectivity index (χ2v) is 6.29. The Labute approximate surface area is 128 Å². The van der Waals surface area contributed by atoms with Crippen LogP contribution in [0.5, 0.6) is 11.5 Å². The Morgan fingerprint density at radius 1 is 1.23 bits per heavy atom. The Morgan fingerprint density at radius 3 is 2.45 bits per heavy atom. The summed E-state index contributed by atoms with van der Waals surface area (Å²) in [6, 6.07) is 13.8. The highest BCUT2D eigenvalue weighted by molar-refractivity contribution is 7.95. The minimum atomic E-state index is -3.89. The van der Waals surface area contributed by atoms with Crippen molar-refractivity contribution in [2.75, 3.05) is 7.11 Å². The van der Waals surface area contributed by atoms with Crippen LogP contribution in [0.2, 0.25) is 0 Å². The first-order chi connectivity index (χ1) is 10.5. The standard InChI is InChI=1S/C16H13NO4S/c1-21-16-8-7-12(10-15(16)18)9-14(11-17)22(19,20)13-5-3-2-4-6-13/h2-10,18H,1H3. The number of sulfone groups is 1. The Morgan fingerprint density at radius 2 is 1.91 bits per heavy atom. The highest BCUT2D eigenvalue weighted by Crippen LogP contribution is 2.28. The average Bonchev–Trinajstić information content (AvgIpc) is 2.53. The van der Waals surface area contributed by atoms with Gasteiger partial charge in [0.1, 0.15) is 11.0 Å². The third-order valence-corrected chi connectivity index (χ3v) is 4.63. The lowest BCUT2D eigenvalue weighted by Gasteiger charge is -2.05. The molecular weight excluding hydrogens is 302 g/mol. The second kappa shape index (κ2) is 6.33. The molecule has 6 heteroatoms. The molecule has 0 saturated heterocycles. The van der Waals surface area contributed by atoms with Crippen LogP contribution in [-0.2, 0) is 9.84 Å². The number of hydrogen-bond acceptors (Lipinski definition) is 5. The monoisotopic (exact) mass is 315 g/mol. The molecule has 0 aliphatic rings. The van der Waals surface area contributed by atoms with E-state index in [4.69, 9.17) is 10.00 Å². The molecule has 2 rings (SSSR count). The van der Waals surface area contributed by atoms with Crippen LogP contribution in [0.1, 0.15) is 5.56 Å². The summed E-state index contributed by atoms with van der Waals surface area (Å²) in [4.78, 5) is -0.358. The minimum Gasteiger partial charge on any atom is -0.504 e. The highest BCUT2D eigenvalue weighted by Gasteiger charge is 2.20. The fraction of sp³-hybridized carbons (Fsp3) is 0.0625. The van der Waals surface area contributed by atoms with Crippen molar-refractivity contribution in [3.8, 4) is 17.6 Å². The first kappa shape index (κ1) is 15.6. The SMILES string of the molecule is COc1ccc(C=C(C#N)S(=O)(=O)c2ccccc2)cc1O. The quantitative estimate of drug-likeness (QED) is 0.877. The molecule has 0 aromatic heterocycles. The molecule has 0 heterocycles. The van der Waals surface area contributed by atoms with Gasteiger partial charge < -0.3 is 9.84 Å². The predicted molar refractivity (Wildman–Crippen MR) is 81.9 cm³/mol. The third kappa shape index (κ3) is 3.10. The van der Waals surface area contributed by atoms with Crippen molar-refractivity contribution in [3.05, 3.63) is 59.0 Å². The Kier molecular flexibility index (Phi) is 4.49. The maximum Gasteiger partial charge on any atom is 0.216 e. The van der Waals surface area contributed by atoms with E-state index in [1.807, 2.05) is 0 Å². The van der Waals surface area contributed by atoms with Gasteiger partial charge >= 0.3 is 0 Å². The summed E-state index contributed by atoms with van der Waals surface area (Å²) in [6.07, 6.45) is 1.21. The van der Waals surface area contributed by atoms with Gasteiger partial charge in [0.15, 0.2) is 11.5 Å². The van der Waals surface area contributed by atoms with Crippen molar-refractivity contribution in [1.29, 1.82) is 5.26 Å². The molecule has 2 aromatic carbocycles. The van der Waals surface area contributed by atoms with Crippen molar-refractivity contribution in [3.63, 3.8) is 0 Å². The maximum absolute atomic E-state index is 12.4. The third-order valence-electron chi connectivity index (χ3n) is 2.95. The summed E-state index contributed by atoms with van der Waals surface area (Å²) in [7, 11) is -2.48. The Balaban J connectivity index is 2.49. The number of phenols is 1. The van der Waals surface area contributed by atoms with Crippen LogP contribution in [0.4, 0.5) is 0 Å². The van der Waals surface area contributed by atoms with Crippen molar-refractivity contribution in [2.45, 2.75) is 4.90 Å². The van der Waals surface area contributed by atoms with Gasteiger partial charge in [-0.25, -0.2) is 8.42 Å². The van der Waals surface area contributed by atoms with E-state index in [0.29, 0.717) is 5.56 Å². The van der Waals surface area contributed by atoms with Gasteiger partial charge in [0.05, 0.1) is 12.0 Å². The minimum absolute atomic E-state index is 0.0422. The highest BCUT2D eigenvalue weighted by atomic mass is 32.2. The molecule has 0 spiro atoms. The van der Waals surface area contributed by atoms with E-state index in [1.165, 1.54) is 37.5 Å². The molecule has 0 saturated carbocycles.